The van der Waals surface area contributed by atoms with Gasteiger partial charge >= 0.3 is 0 Å². The summed E-state index contributed by atoms with van der Waals surface area (Å²) < 4.78 is 5.30. The van der Waals surface area contributed by atoms with E-state index in [1.807, 2.05) is 0 Å². The van der Waals surface area contributed by atoms with E-state index in [4.69, 9.17) is 15.4 Å². The summed E-state index contributed by atoms with van der Waals surface area (Å²) in [4.78, 5) is 13.4. The third-order valence-electron chi connectivity index (χ3n) is 2.67. The number of furan rings is 1. The molecule has 6 heteroatoms. The van der Waals surface area contributed by atoms with E-state index in [9.17, 15) is 4.79 Å². The molecule has 6 nitrogen and oxygen atoms in total. The van der Waals surface area contributed by atoms with Crippen molar-refractivity contribution in [2.75, 3.05) is 19.7 Å². The molecule has 0 saturated carbocycles. The van der Waals surface area contributed by atoms with Crippen molar-refractivity contribution in [1.82, 2.24) is 10.3 Å². The highest BCUT2D eigenvalue weighted by atomic mass is 16.3. The molecule has 0 aliphatic heterocycles. The van der Waals surface area contributed by atoms with E-state index >= 15 is 0 Å². The normalized spacial score (nSPS) is 10.9. The van der Waals surface area contributed by atoms with Gasteiger partial charge in [-0.25, -0.2) is 5.84 Å². The van der Waals surface area contributed by atoms with Gasteiger partial charge in [0.15, 0.2) is 0 Å². The lowest BCUT2D eigenvalue weighted by molar-refractivity contribution is 0.0953. The zero-order chi connectivity index (χ0) is 13.4. The Hall–Kier alpha value is -1.37. The summed E-state index contributed by atoms with van der Waals surface area (Å²) in [5.41, 5.74) is 2.46. The fourth-order valence-corrected chi connectivity index (χ4v) is 1.68. The Kier molecular flexibility index (Phi) is 6.42. The fourth-order valence-electron chi connectivity index (χ4n) is 1.68. The molecule has 1 heterocycles. The van der Waals surface area contributed by atoms with Crippen LogP contribution in [0.1, 0.15) is 35.9 Å². The van der Waals surface area contributed by atoms with Gasteiger partial charge in [-0.05, 0) is 19.0 Å². The van der Waals surface area contributed by atoms with E-state index in [0.29, 0.717) is 24.4 Å². The molecule has 102 valence electrons. The summed E-state index contributed by atoms with van der Waals surface area (Å²) in [6, 6.07) is 1.67. The van der Waals surface area contributed by atoms with E-state index in [1.54, 1.807) is 6.07 Å². The average Bonchev–Trinajstić information content (AvgIpc) is 2.83. The van der Waals surface area contributed by atoms with Crippen molar-refractivity contribution in [3.8, 4) is 0 Å². The number of amides is 1. The van der Waals surface area contributed by atoms with Gasteiger partial charge in [-0.2, -0.15) is 0 Å². The molecule has 0 fully saturated rings. The van der Waals surface area contributed by atoms with Gasteiger partial charge in [0.05, 0.1) is 18.7 Å². The van der Waals surface area contributed by atoms with Crippen molar-refractivity contribution in [1.29, 1.82) is 0 Å². The number of nitrogens with two attached hydrogens (primary N) is 1. The highest BCUT2D eigenvalue weighted by molar-refractivity contribution is 5.93. The number of nitrogens with zero attached hydrogens (tertiary/aromatic N) is 1. The smallest absolute Gasteiger partial charge is 0.268 e. The molecule has 0 aromatic carbocycles. The van der Waals surface area contributed by atoms with Gasteiger partial charge in [0, 0.05) is 6.54 Å². The Labute approximate surface area is 107 Å². The zero-order valence-corrected chi connectivity index (χ0v) is 10.7. The van der Waals surface area contributed by atoms with Crippen LogP contribution >= 0.6 is 0 Å². The number of carbonyl (C=O) groups is 1. The van der Waals surface area contributed by atoms with Crippen LogP contribution in [-0.2, 0) is 6.54 Å². The van der Waals surface area contributed by atoms with Crippen LogP contribution in [0.5, 0.6) is 0 Å². The quantitative estimate of drug-likeness (QED) is 0.357. The minimum Gasteiger partial charge on any atom is -0.467 e. The first kappa shape index (κ1) is 14.7. The molecule has 1 amide bonds. The van der Waals surface area contributed by atoms with E-state index in [1.165, 1.54) is 6.26 Å². The molecule has 0 aliphatic carbocycles. The Bertz CT molecular complexity index is 365. The van der Waals surface area contributed by atoms with Gasteiger partial charge < -0.3 is 9.52 Å². The maximum Gasteiger partial charge on any atom is 0.268 e. The van der Waals surface area contributed by atoms with Crippen LogP contribution in [0.25, 0.3) is 0 Å². The Morgan fingerprint density at radius 1 is 1.56 bits per heavy atom. The number of nitrogen functional groups attached to an aromatic ring is 1. The number of aliphatic hydroxyl groups excluding tert-OH is 1. The Morgan fingerprint density at radius 2 is 2.33 bits per heavy atom. The van der Waals surface area contributed by atoms with Crippen molar-refractivity contribution in [2.24, 2.45) is 5.84 Å². The van der Waals surface area contributed by atoms with Crippen LogP contribution < -0.4 is 11.3 Å². The van der Waals surface area contributed by atoms with Gasteiger partial charge in [-0.3, -0.25) is 15.1 Å². The summed E-state index contributed by atoms with van der Waals surface area (Å²) in [5, 5.41) is 8.99. The molecule has 1 rings (SSSR count). The van der Waals surface area contributed by atoms with Gasteiger partial charge in [0.25, 0.3) is 5.91 Å². The first-order valence-electron chi connectivity index (χ1n) is 6.12. The lowest BCUT2D eigenvalue weighted by atomic mass is 10.2. The van der Waals surface area contributed by atoms with Gasteiger partial charge in [0.2, 0.25) is 0 Å². The summed E-state index contributed by atoms with van der Waals surface area (Å²) in [5.74, 6) is 5.37. The largest absolute Gasteiger partial charge is 0.467 e. The van der Waals surface area contributed by atoms with Gasteiger partial charge in [-0.15, -0.1) is 0 Å². The average molecular weight is 255 g/mol. The molecule has 0 saturated heterocycles. The molecule has 0 spiro atoms. The highest BCUT2D eigenvalue weighted by Gasteiger charge is 2.11. The molecule has 0 atom stereocenters. The topological polar surface area (TPSA) is 91.7 Å². The summed E-state index contributed by atoms with van der Waals surface area (Å²) >= 11 is 0. The SMILES string of the molecule is CCCCN(CCO)Cc1cc(C(=O)NN)co1. The summed E-state index contributed by atoms with van der Waals surface area (Å²) in [7, 11) is 0. The maximum absolute atomic E-state index is 11.3. The van der Waals surface area contributed by atoms with Crippen molar-refractivity contribution in [2.45, 2.75) is 26.3 Å². The molecule has 18 heavy (non-hydrogen) atoms. The van der Waals surface area contributed by atoms with Crippen LogP contribution in [0.4, 0.5) is 0 Å². The number of hydrogen-bond donors (Lipinski definition) is 3. The van der Waals surface area contributed by atoms with E-state index in [0.717, 1.165) is 19.4 Å². The zero-order valence-electron chi connectivity index (χ0n) is 10.7. The van der Waals surface area contributed by atoms with Crippen LogP contribution in [-0.4, -0.2) is 35.6 Å². The molecular formula is C12H21N3O3. The molecule has 1 aromatic heterocycles. The lowest BCUT2D eigenvalue weighted by Gasteiger charge is -2.19. The third-order valence-corrected chi connectivity index (χ3v) is 2.67. The number of nitrogens with one attached hydrogen (secondary N) is 1. The third kappa shape index (κ3) is 4.48. The molecule has 0 unspecified atom stereocenters. The molecule has 1 aromatic rings. The second-order valence-corrected chi connectivity index (χ2v) is 4.13. The second kappa shape index (κ2) is 7.86. The van der Waals surface area contributed by atoms with Crippen LogP contribution in [0.15, 0.2) is 16.7 Å². The van der Waals surface area contributed by atoms with Gasteiger partial charge in [-0.1, -0.05) is 13.3 Å². The van der Waals surface area contributed by atoms with Crippen molar-refractivity contribution in [3.05, 3.63) is 23.7 Å². The molecular weight excluding hydrogens is 234 g/mol. The van der Waals surface area contributed by atoms with Crippen molar-refractivity contribution < 1.29 is 14.3 Å². The number of hydrogen-bond acceptors (Lipinski definition) is 5. The summed E-state index contributed by atoms with van der Waals surface area (Å²) in [6.07, 6.45) is 3.55. The lowest BCUT2D eigenvalue weighted by Crippen LogP contribution is -2.29. The minimum absolute atomic E-state index is 0.112. The predicted octanol–water partition coefficient (Wildman–Crippen LogP) is 0.478. The number of hydrazine groups is 1. The second-order valence-electron chi connectivity index (χ2n) is 4.13. The highest BCUT2D eigenvalue weighted by Crippen LogP contribution is 2.11. The number of rotatable bonds is 8. The number of unbranched alkanes of at least 4 members (excludes halogenated alkanes) is 1. The molecule has 0 bridgehead atoms. The summed E-state index contributed by atoms with van der Waals surface area (Å²) in [6.45, 7) is 4.31. The molecule has 0 radical (unpaired) electrons. The van der Waals surface area contributed by atoms with E-state index < -0.39 is 0 Å². The first-order valence-corrected chi connectivity index (χ1v) is 6.12. The molecule has 4 N–H and O–H groups in total. The monoisotopic (exact) mass is 255 g/mol. The minimum atomic E-state index is -0.368. The fraction of sp³-hybridized carbons (Fsp3) is 0.583. The number of aliphatic hydroxyl groups is 1. The van der Waals surface area contributed by atoms with Crippen molar-refractivity contribution in [3.63, 3.8) is 0 Å². The maximum atomic E-state index is 11.3. The molecule has 0 aliphatic rings. The van der Waals surface area contributed by atoms with Crippen LogP contribution in [0.2, 0.25) is 0 Å². The first-order chi connectivity index (χ1) is 8.71. The van der Waals surface area contributed by atoms with E-state index in [2.05, 4.69) is 17.2 Å². The van der Waals surface area contributed by atoms with E-state index in [-0.39, 0.29) is 12.5 Å². The van der Waals surface area contributed by atoms with Gasteiger partial charge in [0.1, 0.15) is 12.0 Å². The Morgan fingerprint density at radius 3 is 2.94 bits per heavy atom. The Balaban J connectivity index is 2.57. The standard InChI is InChI=1S/C12H21N3O3/c1-2-3-4-15(5-6-16)8-11-7-10(9-18-11)12(17)14-13/h7,9,16H,2-6,8,13H2,1H3,(H,14,17). The predicted molar refractivity (Wildman–Crippen MR) is 67.6 cm³/mol. The van der Waals surface area contributed by atoms with Crippen LogP contribution in [0, 0.1) is 0 Å². The van der Waals surface area contributed by atoms with Crippen molar-refractivity contribution >= 4 is 5.91 Å². The van der Waals surface area contributed by atoms with Crippen LogP contribution in [0.3, 0.4) is 0 Å². The number of carbonyl (C=O) groups excluding carboxylic acids is 1.